The van der Waals surface area contributed by atoms with E-state index in [-0.39, 0.29) is 29.6 Å². The SMILES string of the molecule is CCCc1c(Cc2ccc(-c3ccccc3-c3noc(=O)[nH]3)cc2F)c(=O)n(C(C)CCC(=O)CC)c2nc(C)nn12. The van der Waals surface area contributed by atoms with Crippen LogP contribution in [0.5, 0.6) is 0 Å². The van der Waals surface area contributed by atoms with Crippen molar-refractivity contribution in [3.05, 3.63) is 91.8 Å². The topological polar surface area (TPSA) is 128 Å². The van der Waals surface area contributed by atoms with E-state index in [2.05, 4.69) is 24.7 Å². The van der Waals surface area contributed by atoms with E-state index >= 15 is 4.39 Å². The van der Waals surface area contributed by atoms with Gasteiger partial charge in [0.05, 0.1) is 5.69 Å². The van der Waals surface area contributed by atoms with E-state index in [9.17, 15) is 14.4 Å². The molecular weight excluding hydrogens is 539 g/mol. The lowest BCUT2D eigenvalue weighted by molar-refractivity contribution is -0.119. The molecule has 5 aromatic rings. The molecule has 0 aliphatic rings. The van der Waals surface area contributed by atoms with E-state index in [0.717, 1.165) is 6.42 Å². The maximum Gasteiger partial charge on any atom is 0.439 e. The standard InChI is InChI=1S/C31H33FN6O4/c1-5-9-27-25(29(40)37(18(3)12-15-22(39)6-2)30-33-19(4)35-38(27)30)16-21-14-13-20(17-26(21)32)23-10-7-8-11-24(23)28-34-31(41)42-36-28/h7-8,10-11,13-14,17-18H,5-6,9,12,15-16H2,1-4H3,(H,34,36,41). The minimum absolute atomic E-state index is 0.0635. The smallest absolute Gasteiger partial charge is 0.300 e. The molecule has 10 nitrogen and oxygen atoms in total. The van der Waals surface area contributed by atoms with Crippen LogP contribution in [0.25, 0.3) is 28.3 Å². The molecule has 0 spiro atoms. The van der Waals surface area contributed by atoms with E-state index in [1.807, 2.05) is 26.8 Å². The number of carbonyl (C=O) groups excluding carboxylic acids is 1. The van der Waals surface area contributed by atoms with Crippen LogP contribution in [-0.2, 0) is 17.6 Å². The monoisotopic (exact) mass is 572 g/mol. The summed E-state index contributed by atoms with van der Waals surface area (Å²) < 4.78 is 23.7. The van der Waals surface area contributed by atoms with Crippen molar-refractivity contribution < 1.29 is 13.7 Å². The molecule has 218 valence electrons. The molecule has 3 heterocycles. The summed E-state index contributed by atoms with van der Waals surface area (Å²) in [5.74, 6) is 0.180. The van der Waals surface area contributed by atoms with Crippen molar-refractivity contribution in [2.24, 2.45) is 0 Å². The van der Waals surface area contributed by atoms with E-state index in [1.165, 1.54) is 6.07 Å². The Bertz CT molecular complexity index is 1880. The fourth-order valence-corrected chi connectivity index (χ4v) is 5.31. The number of benzene rings is 2. The number of nitrogens with one attached hydrogen (secondary N) is 1. The number of ketones is 1. The van der Waals surface area contributed by atoms with Gasteiger partial charge >= 0.3 is 5.76 Å². The summed E-state index contributed by atoms with van der Waals surface area (Å²) in [4.78, 5) is 44.7. The van der Waals surface area contributed by atoms with Gasteiger partial charge in [0.1, 0.15) is 17.4 Å². The van der Waals surface area contributed by atoms with Crippen molar-refractivity contribution in [2.45, 2.75) is 72.3 Å². The molecule has 0 fully saturated rings. The fraction of sp³-hybridized carbons (Fsp3) is 0.355. The third kappa shape index (κ3) is 5.59. The van der Waals surface area contributed by atoms with Crippen LogP contribution in [0.15, 0.2) is 56.6 Å². The summed E-state index contributed by atoms with van der Waals surface area (Å²) in [5.41, 5.74) is 3.10. The summed E-state index contributed by atoms with van der Waals surface area (Å²) in [6.07, 6.45) is 2.67. The van der Waals surface area contributed by atoms with Crippen molar-refractivity contribution in [2.75, 3.05) is 0 Å². The van der Waals surface area contributed by atoms with Gasteiger partial charge in [-0.1, -0.05) is 61.8 Å². The normalized spacial score (nSPS) is 12.2. The number of aryl methyl sites for hydroxylation is 2. The third-order valence-corrected chi connectivity index (χ3v) is 7.51. The van der Waals surface area contributed by atoms with Gasteiger partial charge in [-0.05, 0) is 49.4 Å². The average molecular weight is 573 g/mol. The van der Waals surface area contributed by atoms with E-state index in [4.69, 9.17) is 0 Å². The summed E-state index contributed by atoms with van der Waals surface area (Å²) in [6.45, 7) is 7.50. The van der Waals surface area contributed by atoms with E-state index in [1.54, 1.807) is 46.3 Å². The van der Waals surface area contributed by atoms with Crippen LogP contribution in [0, 0.1) is 12.7 Å². The van der Waals surface area contributed by atoms with Gasteiger partial charge in [-0.15, -0.1) is 0 Å². The quantitative estimate of drug-likeness (QED) is 0.230. The number of nitrogens with zero attached hydrogens (tertiary/aromatic N) is 5. The number of Topliss-reactive ketones (excluding diaryl/α,β-unsaturated/α-hetero) is 1. The molecule has 5 rings (SSSR count). The van der Waals surface area contributed by atoms with Crippen molar-refractivity contribution in [3.63, 3.8) is 0 Å². The largest absolute Gasteiger partial charge is 0.439 e. The highest BCUT2D eigenvalue weighted by atomic mass is 19.1. The molecule has 1 atom stereocenters. The molecular formula is C31H33FN6O4. The fourth-order valence-electron chi connectivity index (χ4n) is 5.31. The van der Waals surface area contributed by atoms with Crippen molar-refractivity contribution in [1.29, 1.82) is 0 Å². The molecule has 1 unspecified atom stereocenters. The van der Waals surface area contributed by atoms with Crippen LogP contribution in [0.3, 0.4) is 0 Å². The molecule has 0 saturated carbocycles. The average Bonchev–Trinajstić information content (AvgIpc) is 3.59. The Morgan fingerprint density at radius 3 is 2.55 bits per heavy atom. The molecule has 0 amide bonds. The van der Waals surface area contributed by atoms with Crippen LogP contribution >= 0.6 is 0 Å². The van der Waals surface area contributed by atoms with Crippen LogP contribution in [0.1, 0.15) is 75.1 Å². The number of aromatic nitrogens is 6. The number of halogens is 1. The van der Waals surface area contributed by atoms with Crippen LogP contribution in [0.2, 0.25) is 0 Å². The lowest BCUT2D eigenvalue weighted by Crippen LogP contribution is -2.32. The second kappa shape index (κ2) is 12.1. The van der Waals surface area contributed by atoms with Crippen molar-refractivity contribution >= 4 is 11.6 Å². The maximum atomic E-state index is 15.8. The predicted octanol–water partition coefficient (Wildman–Crippen LogP) is 5.21. The maximum absolute atomic E-state index is 15.8. The Morgan fingerprint density at radius 2 is 1.88 bits per heavy atom. The van der Waals surface area contributed by atoms with Crippen LogP contribution in [-0.4, -0.2) is 35.1 Å². The number of rotatable bonds is 11. The zero-order chi connectivity index (χ0) is 30.0. The molecule has 42 heavy (non-hydrogen) atoms. The summed E-state index contributed by atoms with van der Waals surface area (Å²) in [6, 6.07) is 11.7. The van der Waals surface area contributed by atoms with Gasteiger partial charge in [-0.3, -0.25) is 23.7 Å². The van der Waals surface area contributed by atoms with Crippen molar-refractivity contribution in [3.8, 4) is 22.5 Å². The van der Waals surface area contributed by atoms with Gasteiger partial charge in [0.15, 0.2) is 5.82 Å². The summed E-state index contributed by atoms with van der Waals surface area (Å²) >= 11 is 0. The summed E-state index contributed by atoms with van der Waals surface area (Å²) in [7, 11) is 0. The number of fused-ring (bicyclic) bond motifs is 1. The lowest BCUT2D eigenvalue weighted by atomic mass is 9.95. The Labute approximate surface area is 241 Å². The molecule has 3 aromatic heterocycles. The zero-order valence-corrected chi connectivity index (χ0v) is 24.1. The van der Waals surface area contributed by atoms with Gasteiger partial charge in [-0.25, -0.2) is 13.7 Å². The predicted molar refractivity (Wildman–Crippen MR) is 156 cm³/mol. The Balaban J connectivity index is 1.58. The highest BCUT2D eigenvalue weighted by Gasteiger charge is 2.24. The molecule has 0 radical (unpaired) electrons. The first-order valence-corrected chi connectivity index (χ1v) is 14.2. The molecule has 2 aromatic carbocycles. The number of carbonyl (C=O) groups is 1. The number of hydrogen-bond donors (Lipinski definition) is 1. The van der Waals surface area contributed by atoms with Gasteiger partial charge in [-0.2, -0.15) is 10.1 Å². The Hall–Kier alpha value is -4.67. The van der Waals surface area contributed by atoms with Gasteiger partial charge in [0.25, 0.3) is 5.56 Å². The highest BCUT2D eigenvalue weighted by molar-refractivity contribution is 5.80. The van der Waals surface area contributed by atoms with Gasteiger partial charge in [0, 0.05) is 36.4 Å². The van der Waals surface area contributed by atoms with Crippen LogP contribution < -0.4 is 11.3 Å². The molecule has 0 bridgehead atoms. The first-order chi connectivity index (χ1) is 20.2. The number of H-pyrrole nitrogens is 1. The molecule has 0 saturated heterocycles. The zero-order valence-electron chi connectivity index (χ0n) is 24.1. The van der Waals surface area contributed by atoms with Crippen molar-refractivity contribution in [1.82, 2.24) is 29.3 Å². The molecule has 1 N–H and O–H groups in total. The molecule has 0 aliphatic heterocycles. The molecule has 11 heteroatoms. The number of aromatic amines is 1. The van der Waals surface area contributed by atoms with E-state index < -0.39 is 11.6 Å². The third-order valence-electron chi connectivity index (χ3n) is 7.51. The minimum atomic E-state index is -0.680. The van der Waals surface area contributed by atoms with E-state index in [0.29, 0.717) is 70.8 Å². The minimum Gasteiger partial charge on any atom is -0.300 e. The van der Waals surface area contributed by atoms with Crippen LogP contribution in [0.4, 0.5) is 4.39 Å². The lowest BCUT2D eigenvalue weighted by Gasteiger charge is -2.20. The molecule has 0 aliphatic carbocycles. The second-order valence-corrected chi connectivity index (χ2v) is 10.5. The summed E-state index contributed by atoms with van der Waals surface area (Å²) in [5, 5.41) is 8.37. The Kier molecular flexibility index (Phi) is 8.28. The highest BCUT2D eigenvalue weighted by Crippen LogP contribution is 2.31. The first-order valence-electron chi connectivity index (χ1n) is 14.2. The first kappa shape index (κ1) is 28.8. The number of hydrogen-bond acceptors (Lipinski definition) is 7. The second-order valence-electron chi connectivity index (χ2n) is 10.5. The Morgan fingerprint density at radius 1 is 1.12 bits per heavy atom. The van der Waals surface area contributed by atoms with Gasteiger partial charge in [0.2, 0.25) is 5.78 Å². The van der Waals surface area contributed by atoms with Gasteiger partial charge < -0.3 is 0 Å².